The molecule has 1 spiro atoms. The van der Waals surface area contributed by atoms with Crippen LogP contribution in [0.4, 0.5) is 5.69 Å². The number of carbonyl (C=O) groups is 3. The summed E-state index contributed by atoms with van der Waals surface area (Å²) in [6.45, 7) is 5.44. The number of hydrogen-bond acceptors (Lipinski definition) is 5. The molecule has 3 N–H and O–H groups in total. The highest BCUT2D eigenvalue weighted by atomic mass is 16.5. The Morgan fingerprint density at radius 1 is 1.08 bits per heavy atom. The van der Waals surface area contributed by atoms with Crippen LogP contribution in [0.15, 0.2) is 48.5 Å². The number of nitrogens with one attached hydrogen (secondary N) is 2. The lowest BCUT2D eigenvalue weighted by molar-refractivity contribution is -0.149. The minimum Gasteiger partial charge on any atom is -0.394 e. The van der Waals surface area contributed by atoms with Gasteiger partial charge in [0.2, 0.25) is 17.7 Å². The van der Waals surface area contributed by atoms with E-state index in [0.29, 0.717) is 24.9 Å². The predicted molar refractivity (Wildman–Crippen MR) is 139 cm³/mol. The van der Waals surface area contributed by atoms with Gasteiger partial charge in [-0.1, -0.05) is 55.5 Å². The van der Waals surface area contributed by atoms with Crippen molar-refractivity contribution in [3.05, 3.63) is 65.2 Å². The van der Waals surface area contributed by atoms with Gasteiger partial charge in [-0.15, -0.1) is 0 Å². The molecule has 3 aliphatic rings. The number of para-hydroxylation sites is 1. The molecule has 3 amide bonds. The first-order valence-electron chi connectivity index (χ1n) is 13.0. The third-order valence-corrected chi connectivity index (χ3v) is 8.82. The first kappa shape index (κ1) is 25.4. The van der Waals surface area contributed by atoms with Crippen LogP contribution in [0, 0.1) is 25.7 Å². The predicted octanol–water partition coefficient (Wildman–Crippen LogP) is 2.88. The van der Waals surface area contributed by atoms with Gasteiger partial charge in [-0.2, -0.15) is 0 Å². The van der Waals surface area contributed by atoms with Crippen molar-refractivity contribution in [2.75, 3.05) is 19.0 Å². The highest BCUT2D eigenvalue weighted by Crippen LogP contribution is 2.65. The van der Waals surface area contributed by atoms with Crippen LogP contribution in [-0.2, 0) is 19.1 Å². The summed E-state index contributed by atoms with van der Waals surface area (Å²) in [6, 6.07) is 13.2. The number of nitrogens with zero attached hydrogens (tertiary/aromatic N) is 1. The molecule has 0 aliphatic carbocycles. The molecular weight excluding hydrogens is 470 g/mol. The molecule has 0 aromatic heterocycles. The lowest BCUT2D eigenvalue weighted by atomic mass is 9.65. The fourth-order valence-corrected chi connectivity index (χ4v) is 7.08. The molecular formula is C29H35N3O5. The molecule has 2 aromatic carbocycles. The minimum absolute atomic E-state index is 0.252. The highest BCUT2D eigenvalue weighted by Gasteiger charge is 2.79. The number of amides is 3. The van der Waals surface area contributed by atoms with Gasteiger partial charge >= 0.3 is 0 Å². The van der Waals surface area contributed by atoms with Crippen molar-refractivity contribution in [1.29, 1.82) is 0 Å². The molecule has 8 heteroatoms. The molecule has 2 unspecified atom stereocenters. The van der Waals surface area contributed by atoms with Gasteiger partial charge in [0.15, 0.2) is 0 Å². The lowest BCUT2D eigenvalue weighted by Crippen LogP contribution is -2.54. The number of likely N-dealkylation sites (tertiary alicyclic amines) is 1. The van der Waals surface area contributed by atoms with Crippen LogP contribution in [-0.4, -0.2) is 58.6 Å². The van der Waals surface area contributed by atoms with Crippen LogP contribution in [0.25, 0.3) is 0 Å². The van der Waals surface area contributed by atoms with Crippen molar-refractivity contribution < 1.29 is 24.2 Å². The normalized spacial score (nSPS) is 30.8. The smallest absolute Gasteiger partial charge is 0.250 e. The second-order valence-corrected chi connectivity index (χ2v) is 10.6. The van der Waals surface area contributed by atoms with Gasteiger partial charge in [-0.05, 0) is 49.8 Å². The van der Waals surface area contributed by atoms with Crippen LogP contribution in [0.2, 0.25) is 0 Å². The molecule has 6 atom stereocenters. The molecule has 37 heavy (non-hydrogen) atoms. The van der Waals surface area contributed by atoms with E-state index >= 15 is 0 Å². The Hall–Kier alpha value is -3.23. The van der Waals surface area contributed by atoms with Gasteiger partial charge in [-0.3, -0.25) is 14.4 Å². The van der Waals surface area contributed by atoms with Crippen molar-refractivity contribution in [2.24, 2.45) is 11.8 Å². The molecule has 3 heterocycles. The topological polar surface area (TPSA) is 108 Å². The van der Waals surface area contributed by atoms with Crippen molar-refractivity contribution >= 4 is 23.4 Å². The summed E-state index contributed by atoms with van der Waals surface area (Å²) in [5, 5.41) is 16.4. The summed E-state index contributed by atoms with van der Waals surface area (Å²) in [4.78, 5) is 43.2. The summed E-state index contributed by atoms with van der Waals surface area (Å²) in [7, 11) is 1.56. The number of fused-ring (bicyclic) bond motifs is 1. The number of anilines is 1. The van der Waals surface area contributed by atoms with Crippen molar-refractivity contribution in [2.45, 2.75) is 63.3 Å². The zero-order valence-electron chi connectivity index (χ0n) is 21.8. The van der Waals surface area contributed by atoms with Crippen LogP contribution in [0.1, 0.15) is 48.9 Å². The van der Waals surface area contributed by atoms with Crippen LogP contribution in [0.3, 0.4) is 0 Å². The Balaban J connectivity index is 1.65. The summed E-state index contributed by atoms with van der Waals surface area (Å²) < 4.78 is 6.75. The average molecular weight is 506 g/mol. The van der Waals surface area contributed by atoms with Gasteiger partial charge in [0.05, 0.1) is 30.1 Å². The number of carbonyl (C=O) groups excluding carboxylic acids is 3. The Morgan fingerprint density at radius 3 is 2.35 bits per heavy atom. The maximum atomic E-state index is 14.3. The van der Waals surface area contributed by atoms with E-state index in [9.17, 15) is 19.5 Å². The van der Waals surface area contributed by atoms with E-state index in [4.69, 9.17) is 4.74 Å². The summed E-state index contributed by atoms with van der Waals surface area (Å²) in [6.07, 6.45) is 1.63. The number of aliphatic hydroxyl groups excluding tert-OH is 1. The Kier molecular flexibility index (Phi) is 6.36. The van der Waals surface area contributed by atoms with Crippen LogP contribution < -0.4 is 10.6 Å². The molecule has 8 nitrogen and oxygen atoms in total. The van der Waals surface area contributed by atoms with E-state index in [1.165, 1.54) is 4.90 Å². The van der Waals surface area contributed by atoms with Crippen LogP contribution in [0.5, 0.6) is 0 Å². The molecule has 3 fully saturated rings. The Labute approximate surface area is 217 Å². The molecule has 196 valence electrons. The van der Waals surface area contributed by atoms with Crippen molar-refractivity contribution in [3.8, 4) is 0 Å². The van der Waals surface area contributed by atoms with E-state index in [2.05, 4.69) is 10.6 Å². The molecule has 3 aliphatic heterocycles. The number of hydrogen-bond donors (Lipinski definition) is 3. The Bertz CT molecular complexity index is 1210. The summed E-state index contributed by atoms with van der Waals surface area (Å²) in [5.74, 6) is -2.47. The van der Waals surface area contributed by atoms with Crippen molar-refractivity contribution in [3.63, 3.8) is 0 Å². The maximum Gasteiger partial charge on any atom is 0.250 e. The summed E-state index contributed by atoms with van der Waals surface area (Å²) >= 11 is 0. The van der Waals surface area contributed by atoms with E-state index < -0.39 is 35.1 Å². The molecule has 2 bridgehead atoms. The fraction of sp³-hybridized carbons (Fsp3) is 0.483. The third-order valence-electron chi connectivity index (χ3n) is 8.82. The fourth-order valence-electron chi connectivity index (χ4n) is 7.08. The van der Waals surface area contributed by atoms with E-state index in [1.807, 2.05) is 69.3 Å². The molecule has 0 radical (unpaired) electrons. The second kappa shape index (κ2) is 9.26. The zero-order chi connectivity index (χ0) is 26.5. The van der Waals surface area contributed by atoms with Crippen molar-refractivity contribution in [1.82, 2.24) is 10.2 Å². The quantitative estimate of drug-likeness (QED) is 0.536. The van der Waals surface area contributed by atoms with Gasteiger partial charge in [0.1, 0.15) is 11.6 Å². The first-order valence-corrected chi connectivity index (χ1v) is 13.0. The largest absolute Gasteiger partial charge is 0.394 e. The second-order valence-electron chi connectivity index (χ2n) is 10.6. The zero-order valence-corrected chi connectivity index (χ0v) is 21.8. The molecule has 5 rings (SSSR count). The monoisotopic (exact) mass is 505 g/mol. The van der Waals surface area contributed by atoms with Gasteiger partial charge in [-0.25, -0.2) is 0 Å². The van der Waals surface area contributed by atoms with Gasteiger partial charge < -0.3 is 25.4 Å². The van der Waals surface area contributed by atoms with E-state index in [1.54, 1.807) is 7.05 Å². The standard InChI is InChI=1S/C29H35N3O5/c1-5-28-14-15-29(37-28)22(21(28)25(34)30-4)27(36)32(20(16-33)19-12-7-6-8-13-19)24(29)26(35)31-23-17(2)10-9-11-18(23)3/h6-13,20-22,24,33H,5,14-16H2,1-4H3,(H,30,34)(H,31,35)/t20-,21-,22+,24?,28+,29?/m1/s1. The van der Waals surface area contributed by atoms with Crippen LogP contribution >= 0.6 is 0 Å². The average Bonchev–Trinajstić information content (AvgIpc) is 3.51. The SMILES string of the molecule is CC[C@@]12CCC3(O1)C(C(=O)Nc1c(C)cccc1C)N([C@H](CO)c1ccccc1)C(=O)[C@@H]3[C@@H]2C(=O)NC. The number of ether oxygens (including phenoxy) is 1. The van der Waals surface area contributed by atoms with Gasteiger partial charge in [0.25, 0.3) is 0 Å². The molecule has 0 saturated carbocycles. The Morgan fingerprint density at radius 2 is 1.76 bits per heavy atom. The van der Waals surface area contributed by atoms with E-state index in [0.717, 1.165) is 16.7 Å². The minimum atomic E-state index is -1.16. The van der Waals surface area contributed by atoms with E-state index in [-0.39, 0.29) is 24.3 Å². The number of aryl methyl sites for hydroxylation is 2. The molecule has 3 saturated heterocycles. The number of rotatable bonds is 7. The molecule has 2 aromatic rings. The number of benzene rings is 2. The highest BCUT2D eigenvalue weighted by molar-refractivity contribution is 6.04. The third kappa shape index (κ3) is 3.61. The van der Waals surface area contributed by atoms with Gasteiger partial charge in [0, 0.05) is 12.7 Å². The summed E-state index contributed by atoms with van der Waals surface area (Å²) in [5.41, 5.74) is 1.27. The number of aliphatic hydroxyl groups is 1. The maximum absolute atomic E-state index is 14.3. The lowest BCUT2D eigenvalue weighted by Gasteiger charge is -2.37. The first-order chi connectivity index (χ1) is 17.7.